The Balaban J connectivity index is 3.09. The molecule has 0 aliphatic heterocycles. The number of hydrogen-bond acceptors (Lipinski definition) is 3. The van der Waals surface area contributed by atoms with E-state index >= 15 is 0 Å². The molecule has 0 spiro atoms. The van der Waals surface area contributed by atoms with Crippen molar-refractivity contribution in [2.45, 2.75) is 33.6 Å². The first-order chi connectivity index (χ1) is 8.95. The number of nitrogens with zero attached hydrogens (tertiary/aromatic N) is 1. The van der Waals surface area contributed by atoms with Gasteiger partial charge < -0.3 is 10.5 Å². The molecule has 4 nitrogen and oxygen atoms in total. The zero-order valence-electron chi connectivity index (χ0n) is 11.9. The number of thiocarbonyl (C=S) groups is 1. The molecule has 3 N–H and O–H groups in total. The monoisotopic (exact) mass is 279 g/mol. The maximum atomic E-state index is 5.68. The van der Waals surface area contributed by atoms with Gasteiger partial charge in [-0.3, -0.25) is 5.43 Å². The van der Waals surface area contributed by atoms with Gasteiger partial charge in [-0.15, -0.1) is 0 Å². The Bertz CT molecular complexity index is 484. The lowest BCUT2D eigenvalue weighted by Crippen LogP contribution is -2.24. The van der Waals surface area contributed by atoms with Crippen LogP contribution in [0.3, 0.4) is 0 Å². The zero-order valence-corrected chi connectivity index (χ0v) is 12.7. The van der Waals surface area contributed by atoms with Crippen LogP contribution in [0.1, 0.15) is 43.4 Å². The molecule has 0 radical (unpaired) electrons. The number of aryl methyl sites for hydroxylation is 1. The Morgan fingerprint density at radius 1 is 1.53 bits per heavy atom. The standard InChI is InChI=1S/C14H21N3OS/c1-5-18-13-6-10(4)11(7-12(13)9(2)3)8-16-17-14(15)19/h6-9H,5H2,1-4H3,(H3,15,17,19). The Morgan fingerprint density at radius 3 is 2.74 bits per heavy atom. The molecule has 0 atom stereocenters. The summed E-state index contributed by atoms with van der Waals surface area (Å²) in [4.78, 5) is 0. The van der Waals surface area contributed by atoms with Gasteiger partial charge >= 0.3 is 0 Å². The molecule has 0 saturated carbocycles. The molecule has 0 aliphatic carbocycles. The van der Waals surface area contributed by atoms with Gasteiger partial charge in [0.1, 0.15) is 5.75 Å². The highest BCUT2D eigenvalue weighted by Gasteiger charge is 2.10. The number of rotatable bonds is 5. The van der Waals surface area contributed by atoms with Crippen LogP contribution in [0.2, 0.25) is 0 Å². The maximum Gasteiger partial charge on any atom is 0.184 e. The fraction of sp³-hybridized carbons (Fsp3) is 0.429. The molecule has 1 aromatic carbocycles. The molecule has 0 fully saturated rings. The predicted molar refractivity (Wildman–Crippen MR) is 84.0 cm³/mol. The number of hydrazone groups is 1. The van der Waals surface area contributed by atoms with E-state index in [0.717, 1.165) is 16.9 Å². The van der Waals surface area contributed by atoms with Gasteiger partial charge in [0.2, 0.25) is 0 Å². The van der Waals surface area contributed by atoms with Crippen molar-refractivity contribution >= 4 is 23.5 Å². The van der Waals surface area contributed by atoms with Gasteiger partial charge in [0.25, 0.3) is 0 Å². The van der Waals surface area contributed by atoms with Crippen molar-refractivity contribution in [2.75, 3.05) is 6.61 Å². The number of ether oxygens (including phenoxy) is 1. The third-order valence-corrected chi connectivity index (χ3v) is 2.79. The van der Waals surface area contributed by atoms with Crippen LogP contribution in [-0.4, -0.2) is 17.9 Å². The summed E-state index contributed by atoms with van der Waals surface area (Å²) in [6.45, 7) is 8.95. The molecule has 5 heteroatoms. The van der Waals surface area contributed by atoms with E-state index < -0.39 is 0 Å². The Kier molecular flexibility index (Phi) is 5.76. The molecular formula is C14H21N3OS. The summed E-state index contributed by atoms with van der Waals surface area (Å²) in [5, 5.41) is 4.15. The van der Waals surface area contributed by atoms with E-state index in [1.807, 2.05) is 19.9 Å². The lowest BCUT2D eigenvalue weighted by atomic mass is 9.97. The second-order valence-electron chi connectivity index (χ2n) is 4.57. The highest BCUT2D eigenvalue weighted by Crippen LogP contribution is 2.29. The van der Waals surface area contributed by atoms with Crippen LogP contribution >= 0.6 is 12.2 Å². The van der Waals surface area contributed by atoms with Crippen molar-refractivity contribution in [3.63, 3.8) is 0 Å². The number of nitrogens with one attached hydrogen (secondary N) is 1. The first kappa shape index (κ1) is 15.4. The average molecular weight is 279 g/mol. The van der Waals surface area contributed by atoms with Gasteiger partial charge in [-0.25, -0.2) is 0 Å². The molecule has 0 aromatic heterocycles. The molecule has 0 saturated heterocycles. The predicted octanol–water partition coefficient (Wildman–Crippen LogP) is 2.68. The van der Waals surface area contributed by atoms with Crippen LogP contribution in [0, 0.1) is 6.92 Å². The zero-order chi connectivity index (χ0) is 14.4. The van der Waals surface area contributed by atoms with E-state index in [-0.39, 0.29) is 5.11 Å². The van der Waals surface area contributed by atoms with Gasteiger partial charge in [0, 0.05) is 0 Å². The van der Waals surface area contributed by atoms with E-state index in [0.29, 0.717) is 12.5 Å². The fourth-order valence-electron chi connectivity index (χ4n) is 1.75. The fourth-order valence-corrected chi connectivity index (χ4v) is 1.80. The molecular weight excluding hydrogens is 258 g/mol. The van der Waals surface area contributed by atoms with Crippen LogP contribution in [0.25, 0.3) is 0 Å². The summed E-state index contributed by atoms with van der Waals surface area (Å²) in [5.74, 6) is 1.33. The smallest absolute Gasteiger partial charge is 0.184 e. The molecule has 19 heavy (non-hydrogen) atoms. The van der Waals surface area contributed by atoms with Gasteiger partial charge in [0.15, 0.2) is 5.11 Å². The molecule has 0 heterocycles. The van der Waals surface area contributed by atoms with E-state index in [1.165, 1.54) is 5.56 Å². The summed E-state index contributed by atoms with van der Waals surface area (Å²) in [7, 11) is 0. The molecule has 1 aromatic rings. The molecule has 0 amide bonds. The number of benzene rings is 1. The molecule has 0 unspecified atom stereocenters. The Hall–Kier alpha value is -1.62. The van der Waals surface area contributed by atoms with Crippen molar-refractivity contribution < 1.29 is 4.74 Å². The third kappa shape index (κ3) is 4.52. The largest absolute Gasteiger partial charge is 0.494 e. The van der Waals surface area contributed by atoms with Crippen molar-refractivity contribution in [2.24, 2.45) is 10.8 Å². The van der Waals surface area contributed by atoms with Crippen LogP contribution in [0.4, 0.5) is 0 Å². The van der Waals surface area contributed by atoms with E-state index in [2.05, 4.69) is 30.4 Å². The lowest BCUT2D eigenvalue weighted by Gasteiger charge is -2.15. The molecule has 0 aliphatic rings. The molecule has 104 valence electrons. The summed E-state index contributed by atoms with van der Waals surface area (Å²) in [6, 6.07) is 4.14. The van der Waals surface area contributed by atoms with E-state index in [1.54, 1.807) is 6.21 Å². The van der Waals surface area contributed by atoms with Crippen molar-refractivity contribution in [3.05, 3.63) is 28.8 Å². The minimum Gasteiger partial charge on any atom is -0.494 e. The van der Waals surface area contributed by atoms with Gasteiger partial charge in [-0.2, -0.15) is 5.10 Å². The Labute approximate surface area is 120 Å². The summed E-state index contributed by atoms with van der Waals surface area (Å²) < 4.78 is 5.68. The van der Waals surface area contributed by atoms with E-state index in [4.69, 9.17) is 22.7 Å². The normalized spacial score (nSPS) is 11.0. The first-order valence-electron chi connectivity index (χ1n) is 6.31. The summed E-state index contributed by atoms with van der Waals surface area (Å²) >= 11 is 4.70. The van der Waals surface area contributed by atoms with Crippen LogP contribution < -0.4 is 15.9 Å². The quantitative estimate of drug-likeness (QED) is 0.494. The minimum atomic E-state index is 0.156. The maximum absolute atomic E-state index is 5.68. The molecule has 0 bridgehead atoms. The number of nitrogens with two attached hydrogens (primary N) is 1. The summed E-state index contributed by atoms with van der Waals surface area (Å²) in [5.41, 5.74) is 11.2. The lowest BCUT2D eigenvalue weighted by molar-refractivity contribution is 0.335. The number of hydrogen-bond donors (Lipinski definition) is 2. The highest BCUT2D eigenvalue weighted by molar-refractivity contribution is 7.80. The first-order valence-corrected chi connectivity index (χ1v) is 6.72. The third-order valence-electron chi connectivity index (χ3n) is 2.70. The van der Waals surface area contributed by atoms with Gasteiger partial charge in [0.05, 0.1) is 12.8 Å². The van der Waals surface area contributed by atoms with Crippen molar-refractivity contribution in [3.8, 4) is 5.75 Å². The summed E-state index contributed by atoms with van der Waals surface area (Å²) in [6.07, 6.45) is 1.72. The Morgan fingerprint density at radius 2 is 2.21 bits per heavy atom. The van der Waals surface area contributed by atoms with Crippen LogP contribution in [0.5, 0.6) is 5.75 Å². The second kappa shape index (κ2) is 7.09. The second-order valence-corrected chi connectivity index (χ2v) is 5.01. The SMILES string of the molecule is CCOc1cc(C)c(C=NNC(N)=S)cc1C(C)C. The van der Waals surface area contributed by atoms with Crippen LogP contribution in [-0.2, 0) is 0 Å². The highest BCUT2D eigenvalue weighted by atomic mass is 32.1. The topological polar surface area (TPSA) is 59.6 Å². The molecule has 1 rings (SSSR count). The van der Waals surface area contributed by atoms with E-state index in [9.17, 15) is 0 Å². The van der Waals surface area contributed by atoms with Crippen molar-refractivity contribution in [1.82, 2.24) is 5.43 Å². The van der Waals surface area contributed by atoms with Gasteiger partial charge in [-0.1, -0.05) is 13.8 Å². The van der Waals surface area contributed by atoms with Gasteiger partial charge in [-0.05, 0) is 60.8 Å². The average Bonchev–Trinajstić information content (AvgIpc) is 2.31. The van der Waals surface area contributed by atoms with Crippen molar-refractivity contribution in [1.29, 1.82) is 0 Å². The van der Waals surface area contributed by atoms with Crippen LogP contribution in [0.15, 0.2) is 17.2 Å². The minimum absolute atomic E-state index is 0.156.